The summed E-state index contributed by atoms with van der Waals surface area (Å²) in [5.74, 6) is -0.660. The number of esters is 2. The van der Waals surface area contributed by atoms with Gasteiger partial charge in [0, 0.05) is 5.57 Å². The summed E-state index contributed by atoms with van der Waals surface area (Å²) in [4.78, 5) is 25.5. The molecular weight excluding hydrogens is 456 g/mol. The number of hydrogen-bond donors (Lipinski definition) is 4. The minimum atomic E-state index is -1.63. The standard InChI is InChI=1S/C26H38O9/c1-14-5-8-18-25(2,16(14)7-6-15-9-12-33-22(15)31)10-4-11-26(18,3)24(32)35-23-21(30)20(29)19(28)17(13-27)34-23/h9,16-21,23,27-30H,1,4-8,10-13H2,2-3H3/t16?,17?,18?,19?,20?,21?,23?,25-,26+/m0/s1. The van der Waals surface area contributed by atoms with Gasteiger partial charge >= 0.3 is 11.9 Å². The summed E-state index contributed by atoms with van der Waals surface area (Å²) in [6, 6.07) is 0. The van der Waals surface area contributed by atoms with E-state index >= 15 is 0 Å². The topological polar surface area (TPSA) is 143 Å². The van der Waals surface area contributed by atoms with Crippen LogP contribution < -0.4 is 0 Å². The summed E-state index contributed by atoms with van der Waals surface area (Å²) in [6.07, 6.45) is -0.305. The van der Waals surface area contributed by atoms with Gasteiger partial charge in [-0.25, -0.2) is 4.79 Å². The highest BCUT2D eigenvalue weighted by Crippen LogP contribution is 2.62. The number of aliphatic hydroxyl groups excluding tert-OH is 4. The molecule has 196 valence electrons. The van der Waals surface area contributed by atoms with Gasteiger partial charge in [0.25, 0.3) is 0 Å². The molecular formula is C26H38O9. The lowest BCUT2D eigenvalue weighted by molar-refractivity contribution is -0.297. The van der Waals surface area contributed by atoms with Crippen LogP contribution in [0.2, 0.25) is 0 Å². The number of allylic oxidation sites excluding steroid dienone is 1. The Morgan fingerprint density at radius 2 is 1.94 bits per heavy atom. The second-order valence-electron chi connectivity index (χ2n) is 11.0. The van der Waals surface area contributed by atoms with Gasteiger partial charge in [0.1, 0.15) is 31.0 Å². The van der Waals surface area contributed by atoms with Crippen molar-refractivity contribution in [2.45, 2.75) is 89.5 Å². The maximum atomic E-state index is 13.6. The third-order valence-corrected chi connectivity index (χ3v) is 9.07. The van der Waals surface area contributed by atoms with Crippen LogP contribution in [-0.4, -0.2) is 76.3 Å². The second-order valence-corrected chi connectivity index (χ2v) is 11.0. The molecule has 0 spiro atoms. The third kappa shape index (κ3) is 4.57. The lowest BCUT2D eigenvalue weighted by Crippen LogP contribution is -2.61. The molecule has 4 rings (SSSR count). The van der Waals surface area contributed by atoms with Gasteiger partial charge in [-0.05, 0) is 68.8 Å². The molecule has 7 unspecified atom stereocenters. The van der Waals surface area contributed by atoms with E-state index in [2.05, 4.69) is 13.5 Å². The van der Waals surface area contributed by atoms with Crippen molar-refractivity contribution in [2.75, 3.05) is 13.2 Å². The molecule has 0 aromatic carbocycles. The first kappa shape index (κ1) is 26.3. The Morgan fingerprint density at radius 3 is 2.60 bits per heavy atom. The summed E-state index contributed by atoms with van der Waals surface area (Å²) < 4.78 is 16.1. The number of rotatable bonds is 6. The van der Waals surface area contributed by atoms with Gasteiger partial charge in [-0.15, -0.1) is 0 Å². The minimum Gasteiger partial charge on any atom is -0.458 e. The van der Waals surface area contributed by atoms with Crippen LogP contribution in [0.25, 0.3) is 0 Å². The second kappa shape index (κ2) is 9.94. The minimum absolute atomic E-state index is 0.0128. The summed E-state index contributed by atoms with van der Waals surface area (Å²) in [5.41, 5.74) is 0.766. The van der Waals surface area contributed by atoms with E-state index in [1.807, 2.05) is 13.0 Å². The fourth-order valence-corrected chi connectivity index (χ4v) is 7.03. The highest BCUT2D eigenvalue weighted by Gasteiger charge is 2.58. The normalized spacial score (nSPS) is 43.8. The molecule has 9 nitrogen and oxygen atoms in total. The molecule has 0 amide bonds. The van der Waals surface area contributed by atoms with Crippen LogP contribution in [0.15, 0.2) is 23.8 Å². The lowest BCUT2D eigenvalue weighted by Gasteiger charge is -2.58. The number of carbonyl (C=O) groups excluding carboxylic acids is 2. The molecule has 3 fully saturated rings. The van der Waals surface area contributed by atoms with Crippen LogP contribution in [0.1, 0.15) is 58.8 Å². The highest BCUT2D eigenvalue weighted by molar-refractivity contribution is 5.90. The molecule has 9 heteroatoms. The van der Waals surface area contributed by atoms with E-state index in [0.29, 0.717) is 25.0 Å². The number of aliphatic hydroxyl groups is 4. The quantitative estimate of drug-likeness (QED) is 0.318. The van der Waals surface area contributed by atoms with E-state index in [4.69, 9.17) is 14.2 Å². The van der Waals surface area contributed by atoms with Crippen molar-refractivity contribution in [3.63, 3.8) is 0 Å². The fraction of sp³-hybridized carbons (Fsp3) is 0.769. The van der Waals surface area contributed by atoms with Crippen molar-refractivity contribution in [1.29, 1.82) is 0 Å². The maximum absolute atomic E-state index is 13.6. The van der Waals surface area contributed by atoms with E-state index in [9.17, 15) is 30.0 Å². The molecule has 2 aliphatic carbocycles. The van der Waals surface area contributed by atoms with Gasteiger partial charge in [-0.2, -0.15) is 0 Å². The van der Waals surface area contributed by atoms with E-state index in [1.165, 1.54) is 0 Å². The zero-order chi connectivity index (χ0) is 25.5. The van der Waals surface area contributed by atoms with Crippen LogP contribution in [0.4, 0.5) is 0 Å². The number of hydrogen-bond acceptors (Lipinski definition) is 9. The van der Waals surface area contributed by atoms with Crippen molar-refractivity contribution in [1.82, 2.24) is 0 Å². The lowest BCUT2D eigenvalue weighted by atomic mass is 9.46. The van der Waals surface area contributed by atoms with Gasteiger partial charge in [-0.1, -0.05) is 25.5 Å². The Balaban J connectivity index is 1.52. The largest absolute Gasteiger partial charge is 0.458 e. The van der Waals surface area contributed by atoms with Crippen LogP contribution in [0, 0.1) is 22.7 Å². The van der Waals surface area contributed by atoms with E-state index in [1.54, 1.807) is 0 Å². The smallest absolute Gasteiger partial charge is 0.334 e. The molecule has 2 saturated carbocycles. The summed E-state index contributed by atoms with van der Waals surface area (Å²) in [7, 11) is 0. The Labute approximate surface area is 205 Å². The molecule has 35 heavy (non-hydrogen) atoms. The highest BCUT2D eigenvalue weighted by atomic mass is 16.7. The molecule has 2 aliphatic heterocycles. The van der Waals surface area contributed by atoms with Gasteiger partial charge in [-0.3, -0.25) is 4.79 Å². The van der Waals surface area contributed by atoms with Crippen molar-refractivity contribution in [3.05, 3.63) is 23.8 Å². The van der Waals surface area contributed by atoms with Crippen LogP contribution >= 0.6 is 0 Å². The van der Waals surface area contributed by atoms with Crippen LogP contribution in [0.3, 0.4) is 0 Å². The predicted molar refractivity (Wildman–Crippen MR) is 124 cm³/mol. The van der Waals surface area contributed by atoms with Gasteiger partial charge in [0.15, 0.2) is 0 Å². The molecule has 0 radical (unpaired) electrons. The van der Waals surface area contributed by atoms with Crippen molar-refractivity contribution >= 4 is 11.9 Å². The van der Waals surface area contributed by atoms with Crippen molar-refractivity contribution < 1.29 is 44.2 Å². The fourth-order valence-electron chi connectivity index (χ4n) is 7.03. The summed E-state index contributed by atoms with van der Waals surface area (Å²) in [5, 5.41) is 39.9. The monoisotopic (exact) mass is 494 g/mol. The number of carbonyl (C=O) groups is 2. The van der Waals surface area contributed by atoms with Gasteiger partial charge < -0.3 is 34.6 Å². The summed E-state index contributed by atoms with van der Waals surface area (Å²) in [6.45, 7) is 8.17. The zero-order valence-electron chi connectivity index (χ0n) is 20.5. The third-order valence-electron chi connectivity index (χ3n) is 9.07. The average Bonchev–Trinajstić information content (AvgIpc) is 3.23. The molecule has 0 bridgehead atoms. The Hall–Kier alpha value is -1.78. The molecule has 2 heterocycles. The molecule has 0 aromatic heterocycles. The molecule has 1 saturated heterocycles. The Morgan fingerprint density at radius 1 is 1.20 bits per heavy atom. The van der Waals surface area contributed by atoms with Crippen molar-refractivity contribution in [2.24, 2.45) is 22.7 Å². The zero-order valence-corrected chi connectivity index (χ0v) is 20.5. The SMILES string of the molecule is C=C1CCC2[C@@](C)(CCC[C@@]2(C)C(=O)OC2OC(CO)C(O)C(O)C2O)C1CCC1=CCOC1=O. The van der Waals surface area contributed by atoms with Crippen molar-refractivity contribution in [3.8, 4) is 0 Å². The number of fused-ring (bicyclic) bond motifs is 1. The number of ether oxygens (including phenoxy) is 3. The first-order valence-corrected chi connectivity index (χ1v) is 12.6. The van der Waals surface area contributed by atoms with Gasteiger partial charge in [0.2, 0.25) is 6.29 Å². The maximum Gasteiger partial charge on any atom is 0.334 e. The van der Waals surface area contributed by atoms with E-state index in [0.717, 1.165) is 37.7 Å². The number of cyclic esters (lactones) is 1. The van der Waals surface area contributed by atoms with Gasteiger partial charge in [0.05, 0.1) is 12.0 Å². The molecule has 0 aromatic rings. The first-order chi connectivity index (χ1) is 16.5. The van der Waals surface area contributed by atoms with E-state index < -0.39 is 48.7 Å². The predicted octanol–water partition coefficient (Wildman–Crippen LogP) is 1.37. The first-order valence-electron chi connectivity index (χ1n) is 12.6. The van der Waals surface area contributed by atoms with E-state index in [-0.39, 0.29) is 23.2 Å². The summed E-state index contributed by atoms with van der Waals surface area (Å²) >= 11 is 0. The molecule has 4 N–H and O–H groups in total. The Kier molecular flexibility index (Phi) is 7.46. The molecule has 4 aliphatic rings. The molecule has 9 atom stereocenters. The Bertz CT molecular complexity index is 882. The average molecular weight is 495 g/mol. The van der Waals surface area contributed by atoms with Crippen LogP contribution in [0.5, 0.6) is 0 Å². The van der Waals surface area contributed by atoms with Crippen LogP contribution in [-0.2, 0) is 23.8 Å².